The third kappa shape index (κ3) is 3.22. The number of nitrogens with two attached hydrogens (primary N) is 1. The number of nitrogens with zero attached hydrogens (tertiary/aromatic N) is 1. The molecule has 0 saturated heterocycles. The van der Waals surface area contributed by atoms with Gasteiger partial charge < -0.3 is 24.9 Å². The standard InChI is InChI=1S/C19H18BrN3O3/c1-24-13-4-2-11(3-5-13)14(16-9-22-19(21)23-16)6-12-7-17-18(8-15(12)20)26-10-25-17/h2-5,7-9,14H,6,10H2,1H3,(H3,21,22,23). The molecule has 1 unspecified atom stereocenters. The molecule has 0 bridgehead atoms. The van der Waals surface area contributed by atoms with Gasteiger partial charge in [-0.2, -0.15) is 0 Å². The number of benzene rings is 2. The lowest BCUT2D eigenvalue weighted by atomic mass is 9.89. The highest BCUT2D eigenvalue weighted by Crippen LogP contribution is 2.39. The first kappa shape index (κ1) is 16.8. The Bertz CT molecular complexity index is 924. The lowest BCUT2D eigenvalue weighted by molar-refractivity contribution is 0.174. The second-order valence-corrected chi connectivity index (χ2v) is 6.90. The Balaban J connectivity index is 1.71. The number of rotatable bonds is 5. The van der Waals surface area contributed by atoms with E-state index in [1.54, 1.807) is 13.3 Å². The number of hydrogen-bond acceptors (Lipinski definition) is 5. The van der Waals surface area contributed by atoms with Crippen molar-refractivity contribution in [2.24, 2.45) is 0 Å². The van der Waals surface area contributed by atoms with Crippen molar-refractivity contribution in [3.05, 3.63) is 63.9 Å². The van der Waals surface area contributed by atoms with E-state index in [0.717, 1.165) is 45.0 Å². The fraction of sp³-hybridized carbons (Fsp3) is 0.211. The zero-order valence-corrected chi connectivity index (χ0v) is 15.7. The molecule has 3 N–H and O–H groups in total. The van der Waals surface area contributed by atoms with Gasteiger partial charge in [-0.3, -0.25) is 0 Å². The van der Waals surface area contributed by atoms with Gasteiger partial charge in [-0.05, 0) is 41.8 Å². The predicted molar refractivity (Wildman–Crippen MR) is 102 cm³/mol. The molecule has 0 aliphatic carbocycles. The van der Waals surface area contributed by atoms with E-state index in [0.29, 0.717) is 5.95 Å². The highest BCUT2D eigenvalue weighted by molar-refractivity contribution is 9.10. The van der Waals surface area contributed by atoms with Gasteiger partial charge in [0.25, 0.3) is 0 Å². The average Bonchev–Trinajstić information content (AvgIpc) is 3.28. The normalized spacial score (nSPS) is 13.6. The molecule has 26 heavy (non-hydrogen) atoms. The van der Waals surface area contributed by atoms with Crippen LogP contribution in [0.5, 0.6) is 17.2 Å². The molecule has 6 nitrogen and oxygen atoms in total. The maximum absolute atomic E-state index is 5.80. The van der Waals surface area contributed by atoms with Crippen molar-refractivity contribution >= 4 is 21.9 Å². The maximum atomic E-state index is 5.80. The van der Waals surface area contributed by atoms with Crippen LogP contribution in [0.15, 0.2) is 47.1 Å². The van der Waals surface area contributed by atoms with E-state index in [1.165, 1.54) is 0 Å². The highest BCUT2D eigenvalue weighted by Gasteiger charge is 2.22. The summed E-state index contributed by atoms with van der Waals surface area (Å²) in [5, 5.41) is 0. The Morgan fingerprint density at radius 3 is 2.62 bits per heavy atom. The lowest BCUT2D eigenvalue weighted by Crippen LogP contribution is -2.07. The molecule has 7 heteroatoms. The third-order valence-corrected chi connectivity index (χ3v) is 5.21. The van der Waals surface area contributed by atoms with Crippen LogP contribution in [0.25, 0.3) is 0 Å². The maximum Gasteiger partial charge on any atom is 0.231 e. The first-order valence-corrected chi connectivity index (χ1v) is 8.95. The van der Waals surface area contributed by atoms with Gasteiger partial charge in [-0.15, -0.1) is 0 Å². The number of fused-ring (bicyclic) bond motifs is 1. The first-order chi connectivity index (χ1) is 12.6. The zero-order chi connectivity index (χ0) is 18.1. The topological polar surface area (TPSA) is 82.4 Å². The smallest absolute Gasteiger partial charge is 0.231 e. The number of halogens is 1. The lowest BCUT2D eigenvalue weighted by Gasteiger charge is -2.18. The quantitative estimate of drug-likeness (QED) is 0.660. The summed E-state index contributed by atoms with van der Waals surface area (Å²) in [5.41, 5.74) is 9.01. The van der Waals surface area contributed by atoms with Crippen molar-refractivity contribution in [2.75, 3.05) is 19.6 Å². The van der Waals surface area contributed by atoms with Crippen molar-refractivity contribution in [1.29, 1.82) is 0 Å². The van der Waals surface area contributed by atoms with Gasteiger partial charge in [0.05, 0.1) is 13.3 Å². The molecule has 0 spiro atoms. The molecule has 3 aromatic rings. The van der Waals surface area contributed by atoms with E-state index in [9.17, 15) is 0 Å². The van der Waals surface area contributed by atoms with Crippen LogP contribution in [0.3, 0.4) is 0 Å². The van der Waals surface area contributed by atoms with E-state index in [-0.39, 0.29) is 12.7 Å². The van der Waals surface area contributed by atoms with Gasteiger partial charge in [0, 0.05) is 16.1 Å². The Kier molecular flexibility index (Phi) is 4.46. The summed E-state index contributed by atoms with van der Waals surface area (Å²) in [7, 11) is 1.66. The van der Waals surface area contributed by atoms with Crippen LogP contribution in [0.2, 0.25) is 0 Å². The number of hydrogen-bond donors (Lipinski definition) is 2. The van der Waals surface area contributed by atoms with Crippen molar-refractivity contribution < 1.29 is 14.2 Å². The molecular weight excluding hydrogens is 398 g/mol. The molecule has 2 heterocycles. The van der Waals surface area contributed by atoms with Crippen LogP contribution in [-0.4, -0.2) is 23.9 Å². The SMILES string of the molecule is COc1ccc(C(Cc2cc3c(cc2Br)OCO3)c2cnc(N)[nH]2)cc1. The molecule has 0 saturated carbocycles. The van der Waals surface area contributed by atoms with Crippen LogP contribution in [-0.2, 0) is 6.42 Å². The number of H-pyrrole nitrogens is 1. The van der Waals surface area contributed by atoms with Crippen LogP contribution in [0.4, 0.5) is 5.95 Å². The van der Waals surface area contributed by atoms with Crippen molar-refractivity contribution in [1.82, 2.24) is 9.97 Å². The number of ether oxygens (including phenoxy) is 3. The summed E-state index contributed by atoms with van der Waals surface area (Å²) in [5.74, 6) is 2.81. The molecule has 134 valence electrons. The number of nitrogen functional groups attached to an aromatic ring is 1. The van der Waals surface area contributed by atoms with Gasteiger partial charge in [-0.25, -0.2) is 4.98 Å². The highest BCUT2D eigenvalue weighted by atomic mass is 79.9. The number of anilines is 1. The largest absolute Gasteiger partial charge is 0.497 e. The molecule has 0 fully saturated rings. The van der Waals surface area contributed by atoms with E-state index < -0.39 is 0 Å². The number of aromatic amines is 1. The van der Waals surface area contributed by atoms with Crippen molar-refractivity contribution in [2.45, 2.75) is 12.3 Å². The summed E-state index contributed by atoms with van der Waals surface area (Å²) >= 11 is 3.65. The fourth-order valence-corrected chi connectivity index (χ4v) is 3.59. The second kappa shape index (κ2) is 6.92. The van der Waals surface area contributed by atoms with Crippen molar-refractivity contribution in [3.63, 3.8) is 0 Å². The minimum Gasteiger partial charge on any atom is -0.497 e. The van der Waals surface area contributed by atoms with E-state index in [2.05, 4.69) is 38.0 Å². The molecular formula is C19H18BrN3O3. The molecule has 1 atom stereocenters. The Morgan fingerprint density at radius 2 is 1.96 bits per heavy atom. The van der Waals surface area contributed by atoms with E-state index in [4.69, 9.17) is 19.9 Å². The number of aromatic nitrogens is 2. The molecule has 2 aromatic carbocycles. The summed E-state index contributed by atoms with van der Waals surface area (Å²) in [4.78, 5) is 7.32. The Labute approximate surface area is 159 Å². The Hall–Kier alpha value is -2.67. The minimum atomic E-state index is 0.0578. The van der Waals surface area contributed by atoms with Gasteiger partial charge in [0.2, 0.25) is 6.79 Å². The minimum absolute atomic E-state index is 0.0578. The zero-order valence-electron chi connectivity index (χ0n) is 14.2. The average molecular weight is 416 g/mol. The predicted octanol–water partition coefficient (Wildman–Crippen LogP) is 3.87. The van der Waals surface area contributed by atoms with Crippen LogP contribution in [0, 0.1) is 0 Å². The van der Waals surface area contributed by atoms with Gasteiger partial charge in [-0.1, -0.05) is 28.1 Å². The molecule has 0 amide bonds. The van der Waals surface area contributed by atoms with E-state index in [1.807, 2.05) is 24.3 Å². The summed E-state index contributed by atoms with van der Waals surface area (Å²) in [6.45, 7) is 0.254. The van der Waals surface area contributed by atoms with Gasteiger partial charge in [0.1, 0.15) is 5.75 Å². The Morgan fingerprint density at radius 1 is 1.23 bits per heavy atom. The first-order valence-electron chi connectivity index (χ1n) is 8.16. The summed E-state index contributed by atoms with van der Waals surface area (Å²) in [6.07, 6.45) is 2.52. The molecule has 4 rings (SSSR count). The number of nitrogens with one attached hydrogen (secondary N) is 1. The number of methoxy groups -OCH3 is 1. The van der Waals surface area contributed by atoms with Crippen LogP contribution >= 0.6 is 15.9 Å². The monoisotopic (exact) mass is 415 g/mol. The van der Waals surface area contributed by atoms with Crippen molar-refractivity contribution in [3.8, 4) is 17.2 Å². The molecule has 1 aromatic heterocycles. The third-order valence-electron chi connectivity index (χ3n) is 4.47. The second-order valence-electron chi connectivity index (χ2n) is 6.05. The molecule has 1 aliphatic heterocycles. The van der Waals surface area contributed by atoms with Gasteiger partial charge >= 0.3 is 0 Å². The summed E-state index contributed by atoms with van der Waals surface area (Å²) in [6, 6.07) is 12.0. The van der Waals surface area contributed by atoms with Crippen LogP contribution < -0.4 is 19.9 Å². The summed E-state index contributed by atoms with van der Waals surface area (Å²) < 4.78 is 17.2. The number of imidazole rings is 1. The molecule has 0 radical (unpaired) electrons. The van der Waals surface area contributed by atoms with Gasteiger partial charge in [0.15, 0.2) is 17.4 Å². The van der Waals surface area contributed by atoms with E-state index >= 15 is 0 Å². The van der Waals surface area contributed by atoms with Crippen LogP contribution in [0.1, 0.15) is 22.7 Å². The fourth-order valence-electron chi connectivity index (χ4n) is 3.11. The molecule has 1 aliphatic rings.